The summed E-state index contributed by atoms with van der Waals surface area (Å²) >= 11 is 4.67. The summed E-state index contributed by atoms with van der Waals surface area (Å²) in [5.41, 5.74) is 0. The van der Waals surface area contributed by atoms with Crippen LogP contribution in [0.2, 0.25) is 0 Å². The molecule has 1 aliphatic heterocycles. The van der Waals surface area contributed by atoms with Gasteiger partial charge in [-0.3, -0.25) is 14.4 Å². The van der Waals surface area contributed by atoms with Gasteiger partial charge in [0.15, 0.2) is 0 Å². The molecule has 0 unspecified atom stereocenters. The molecule has 24 heavy (non-hydrogen) atoms. The number of nitrogens with zero attached hydrogens (tertiary/aromatic N) is 2. The quantitative estimate of drug-likeness (QED) is 0.691. The lowest BCUT2D eigenvalue weighted by molar-refractivity contribution is -0.151. The first kappa shape index (κ1) is 18.9. The summed E-state index contributed by atoms with van der Waals surface area (Å²) in [5.74, 6) is -0.568. The van der Waals surface area contributed by atoms with E-state index in [1.54, 1.807) is 24.9 Å². The molecule has 6 nitrogen and oxygen atoms in total. The summed E-state index contributed by atoms with van der Waals surface area (Å²) in [4.78, 5) is 40.1. The Labute approximate surface area is 153 Å². The first-order valence-corrected chi connectivity index (χ1v) is 9.48. The van der Waals surface area contributed by atoms with E-state index in [4.69, 9.17) is 4.74 Å². The van der Waals surface area contributed by atoms with Gasteiger partial charge in [0.25, 0.3) is 5.91 Å². The first-order chi connectivity index (χ1) is 11.4. The standard InChI is InChI=1S/C16H21BrN2O4S/c1-3-23-16(22)11-6-8-19(9-7-11)14(20)10-18(2)15(21)12-4-5-13(17)24-12/h4-5,11H,3,6-10H2,1-2H3. The summed E-state index contributed by atoms with van der Waals surface area (Å²) in [6.07, 6.45) is 1.22. The van der Waals surface area contributed by atoms with Gasteiger partial charge in [-0.25, -0.2) is 0 Å². The van der Waals surface area contributed by atoms with Crippen LogP contribution in [0.3, 0.4) is 0 Å². The van der Waals surface area contributed by atoms with Gasteiger partial charge in [-0.1, -0.05) is 0 Å². The molecule has 0 aliphatic carbocycles. The second-order valence-electron chi connectivity index (χ2n) is 5.67. The number of thiophene rings is 1. The first-order valence-electron chi connectivity index (χ1n) is 7.87. The Morgan fingerprint density at radius 1 is 1.33 bits per heavy atom. The van der Waals surface area contributed by atoms with E-state index in [0.717, 1.165) is 3.79 Å². The lowest BCUT2D eigenvalue weighted by Crippen LogP contribution is -2.45. The molecule has 0 spiro atoms. The summed E-state index contributed by atoms with van der Waals surface area (Å²) < 4.78 is 5.91. The fourth-order valence-electron chi connectivity index (χ4n) is 2.62. The molecule has 132 valence electrons. The Bertz CT molecular complexity index is 611. The summed E-state index contributed by atoms with van der Waals surface area (Å²) in [6.45, 7) is 3.25. The molecule has 8 heteroatoms. The summed E-state index contributed by atoms with van der Waals surface area (Å²) in [5, 5.41) is 0. The van der Waals surface area contributed by atoms with Crippen LogP contribution in [0.1, 0.15) is 29.4 Å². The van der Waals surface area contributed by atoms with Crippen LogP contribution < -0.4 is 0 Å². The molecule has 2 amide bonds. The van der Waals surface area contributed by atoms with E-state index >= 15 is 0 Å². The van der Waals surface area contributed by atoms with E-state index in [2.05, 4.69) is 15.9 Å². The number of carbonyl (C=O) groups excluding carboxylic acids is 3. The number of piperidine rings is 1. The minimum atomic E-state index is -0.180. The largest absolute Gasteiger partial charge is 0.466 e. The molecule has 1 aromatic heterocycles. The fraction of sp³-hybridized carbons (Fsp3) is 0.562. The molecule has 0 bridgehead atoms. The monoisotopic (exact) mass is 416 g/mol. The van der Waals surface area contributed by atoms with Gasteiger partial charge >= 0.3 is 5.97 Å². The van der Waals surface area contributed by atoms with Gasteiger partial charge in [0.1, 0.15) is 0 Å². The Kier molecular flexibility index (Phi) is 6.79. The Hall–Kier alpha value is -1.41. The van der Waals surface area contributed by atoms with Gasteiger partial charge in [0.2, 0.25) is 5.91 Å². The van der Waals surface area contributed by atoms with Crippen molar-refractivity contribution in [3.63, 3.8) is 0 Å². The van der Waals surface area contributed by atoms with Crippen LogP contribution in [0.5, 0.6) is 0 Å². The zero-order valence-electron chi connectivity index (χ0n) is 13.8. The van der Waals surface area contributed by atoms with Crippen molar-refractivity contribution in [3.8, 4) is 0 Å². The third-order valence-corrected chi connectivity index (χ3v) is 5.58. The number of esters is 1. The van der Waals surface area contributed by atoms with Crippen molar-refractivity contribution in [2.75, 3.05) is 33.3 Å². The molecule has 1 aromatic rings. The van der Waals surface area contributed by atoms with Gasteiger partial charge < -0.3 is 14.5 Å². The molecule has 2 heterocycles. The minimum absolute atomic E-state index is 0.0401. The Balaban J connectivity index is 1.83. The fourth-order valence-corrected chi connectivity index (χ4v) is 4.00. The second kappa shape index (κ2) is 8.62. The third kappa shape index (κ3) is 4.80. The number of halogens is 1. The number of ether oxygens (including phenoxy) is 1. The van der Waals surface area contributed by atoms with E-state index in [1.807, 2.05) is 6.07 Å². The predicted octanol–water partition coefficient (Wildman–Crippen LogP) is 2.38. The summed E-state index contributed by atoms with van der Waals surface area (Å²) in [6, 6.07) is 3.55. The number of likely N-dealkylation sites (N-methyl/N-ethyl adjacent to an activating group) is 1. The average Bonchev–Trinajstić information content (AvgIpc) is 3.00. The number of likely N-dealkylation sites (tertiary alicyclic amines) is 1. The molecule has 0 radical (unpaired) electrons. The van der Waals surface area contributed by atoms with Crippen LogP contribution in [0.25, 0.3) is 0 Å². The number of amides is 2. The molecular formula is C16H21BrN2O4S. The maximum absolute atomic E-state index is 12.4. The molecule has 1 aliphatic rings. The predicted molar refractivity (Wildman–Crippen MR) is 94.9 cm³/mol. The van der Waals surface area contributed by atoms with Crippen LogP contribution in [0.4, 0.5) is 0 Å². The second-order valence-corrected chi connectivity index (χ2v) is 8.14. The highest BCUT2D eigenvalue weighted by molar-refractivity contribution is 9.11. The van der Waals surface area contributed by atoms with Crippen molar-refractivity contribution < 1.29 is 19.1 Å². The number of carbonyl (C=O) groups is 3. The zero-order valence-corrected chi connectivity index (χ0v) is 16.2. The normalized spacial score (nSPS) is 15.2. The number of rotatable bonds is 5. The van der Waals surface area contributed by atoms with E-state index in [1.165, 1.54) is 16.2 Å². The van der Waals surface area contributed by atoms with Gasteiger partial charge in [0.05, 0.1) is 27.7 Å². The summed E-state index contributed by atoms with van der Waals surface area (Å²) in [7, 11) is 1.62. The minimum Gasteiger partial charge on any atom is -0.466 e. The Morgan fingerprint density at radius 2 is 2.00 bits per heavy atom. The van der Waals surface area contributed by atoms with E-state index in [0.29, 0.717) is 37.4 Å². The lowest BCUT2D eigenvalue weighted by Gasteiger charge is -2.32. The van der Waals surface area contributed by atoms with Crippen molar-refractivity contribution >= 4 is 45.1 Å². The molecule has 1 fully saturated rings. The van der Waals surface area contributed by atoms with Crippen LogP contribution in [-0.4, -0.2) is 60.9 Å². The van der Waals surface area contributed by atoms with Gasteiger partial charge in [-0.2, -0.15) is 0 Å². The van der Waals surface area contributed by atoms with E-state index < -0.39 is 0 Å². The van der Waals surface area contributed by atoms with E-state index in [-0.39, 0.29) is 30.2 Å². The molecular weight excluding hydrogens is 396 g/mol. The van der Waals surface area contributed by atoms with Crippen molar-refractivity contribution in [1.29, 1.82) is 0 Å². The van der Waals surface area contributed by atoms with Crippen LogP contribution in [0, 0.1) is 5.92 Å². The molecule has 0 saturated carbocycles. The van der Waals surface area contributed by atoms with Gasteiger partial charge in [-0.15, -0.1) is 11.3 Å². The van der Waals surface area contributed by atoms with Gasteiger partial charge in [-0.05, 0) is 47.8 Å². The molecule has 0 atom stereocenters. The van der Waals surface area contributed by atoms with E-state index in [9.17, 15) is 14.4 Å². The maximum atomic E-state index is 12.4. The van der Waals surface area contributed by atoms with Crippen LogP contribution in [0.15, 0.2) is 15.9 Å². The Morgan fingerprint density at radius 3 is 2.54 bits per heavy atom. The van der Waals surface area contributed by atoms with Crippen LogP contribution >= 0.6 is 27.3 Å². The zero-order chi connectivity index (χ0) is 17.7. The van der Waals surface area contributed by atoms with Crippen molar-refractivity contribution in [1.82, 2.24) is 9.80 Å². The molecule has 0 N–H and O–H groups in total. The molecule has 0 aromatic carbocycles. The number of hydrogen-bond donors (Lipinski definition) is 0. The SMILES string of the molecule is CCOC(=O)C1CCN(C(=O)CN(C)C(=O)c2ccc(Br)s2)CC1. The highest BCUT2D eigenvalue weighted by Crippen LogP contribution is 2.23. The highest BCUT2D eigenvalue weighted by atomic mass is 79.9. The smallest absolute Gasteiger partial charge is 0.309 e. The third-order valence-electron chi connectivity index (χ3n) is 3.97. The molecule has 2 rings (SSSR count). The highest BCUT2D eigenvalue weighted by Gasteiger charge is 2.29. The average molecular weight is 417 g/mol. The van der Waals surface area contributed by atoms with Crippen LogP contribution in [-0.2, 0) is 14.3 Å². The van der Waals surface area contributed by atoms with Gasteiger partial charge in [0, 0.05) is 20.1 Å². The number of hydrogen-bond acceptors (Lipinski definition) is 5. The maximum Gasteiger partial charge on any atom is 0.309 e. The lowest BCUT2D eigenvalue weighted by atomic mass is 9.97. The van der Waals surface area contributed by atoms with Crippen molar-refractivity contribution in [3.05, 3.63) is 20.8 Å². The topological polar surface area (TPSA) is 66.9 Å². The van der Waals surface area contributed by atoms with Crippen molar-refractivity contribution in [2.45, 2.75) is 19.8 Å². The van der Waals surface area contributed by atoms with Crippen molar-refractivity contribution in [2.24, 2.45) is 5.92 Å². The molecule has 1 saturated heterocycles.